The van der Waals surface area contributed by atoms with Crippen molar-refractivity contribution in [2.24, 2.45) is 0 Å². The number of para-hydroxylation sites is 1. The second-order valence-electron chi connectivity index (χ2n) is 7.89. The zero-order valence-electron chi connectivity index (χ0n) is 16.9. The van der Waals surface area contributed by atoms with Gasteiger partial charge >= 0.3 is 0 Å². The minimum absolute atomic E-state index is 0.142. The predicted octanol–water partition coefficient (Wildman–Crippen LogP) is 4.80. The average Bonchev–Trinajstić information content (AvgIpc) is 3.50. The third kappa shape index (κ3) is 3.61. The Hall–Kier alpha value is -3.80. The Kier molecular flexibility index (Phi) is 4.62. The largest absolute Gasteiger partial charge is 0.360 e. The first kappa shape index (κ1) is 19.2. The molecule has 0 aliphatic heterocycles. The number of aromatic amines is 1. The predicted molar refractivity (Wildman–Crippen MR) is 117 cm³/mol. The zero-order chi connectivity index (χ0) is 21.5. The number of hydrogen-bond acceptors (Lipinski definition) is 3. The van der Waals surface area contributed by atoms with Crippen LogP contribution in [0.1, 0.15) is 44.7 Å². The molecule has 1 saturated carbocycles. The molecule has 5 nitrogen and oxygen atoms in total. The van der Waals surface area contributed by atoms with E-state index in [-0.39, 0.29) is 23.3 Å². The fourth-order valence-electron chi connectivity index (χ4n) is 3.67. The first-order chi connectivity index (χ1) is 15.0. The van der Waals surface area contributed by atoms with Gasteiger partial charge in [0.1, 0.15) is 5.82 Å². The number of carbonyl (C=O) groups is 2. The van der Waals surface area contributed by atoms with Crippen LogP contribution in [0.5, 0.6) is 0 Å². The highest BCUT2D eigenvalue weighted by Gasteiger charge is 2.25. The van der Waals surface area contributed by atoms with Gasteiger partial charge in [0.05, 0.1) is 5.69 Å². The number of rotatable bonds is 5. The Morgan fingerprint density at radius 1 is 1.10 bits per heavy atom. The van der Waals surface area contributed by atoms with Crippen molar-refractivity contribution >= 4 is 22.6 Å². The Labute approximate surface area is 178 Å². The minimum Gasteiger partial charge on any atom is -0.360 e. The van der Waals surface area contributed by atoms with E-state index in [1.54, 1.807) is 31.3 Å². The molecular weight excluding hydrogens is 393 g/mol. The lowest BCUT2D eigenvalue weighted by Crippen LogP contribution is -2.25. The molecule has 0 unspecified atom stereocenters. The van der Waals surface area contributed by atoms with Crippen LogP contribution in [0.25, 0.3) is 22.2 Å². The van der Waals surface area contributed by atoms with Crippen LogP contribution in [0.2, 0.25) is 0 Å². The molecule has 0 spiro atoms. The van der Waals surface area contributed by atoms with Gasteiger partial charge in [-0.15, -0.1) is 0 Å². The van der Waals surface area contributed by atoms with Crippen molar-refractivity contribution in [1.29, 1.82) is 0 Å². The molecule has 2 aromatic heterocycles. The van der Waals surface area contributed by atoms with Crippen molar-refractivity contribution in [3.63, 3.8) is 0 Å². The van der Waals surface area contributed by atoms with Gasteiger partial charge < -0.3 is 10.3 Å². The van der Waals surface area contributed by atoms with E-state index in [0.29, 0.717) is 27.9 Å². The summed E-state index contributed by atoms with van der Waals surface area (Å²) in [7, 11) is 0. The number of ketones is 1. The maximum Gasteiger partial charge on any atom is 0.251 e. The van der Waals surface area contributed by atoms with Gasteiger partial charge in [0.25, 0.3) is 5.91 Å². The fraction of sp³-hybridized carbons (Fsp3) is 0.160. The molecule has 1 aliphatic carbocycles. The van der Waals surface area contributed by atoms with Gasteiger partial charge in [-0.2, -0.15) is 0 Å². The van der Waals surface area contributed by atoms with Gasteiger partial charge in [0.15, 0.2) is 5.78 Å². The lowest BCUT2D eigenvalue weighted by atomic mass is 9.99. The minimum atomic E-state index is -0.459. The molecule has 31 heavy (non-hydrogen) atoms. The maximum absolute atomic E-state index is 14.5. The Morgan fingerprint density at radius 2 is 1.90 bits per heavy atom. The summed E-state index contributed by atoms with van der Waals surface area (Å²) in [5.41, 5.74) is 3.63. The summed E-state index contributed by atoms with van der Waals surface area (Å²) in [6.45, 7) is 1.65. The summed E-state index contributed by atoms with van der Waals surface area (Å²) in [5.74, 6) is -0.884. The molecule has 0 radical (unpaired) electrons. The fourth-order valence-corrected chi connectivity index (χ4v) is 3.67. The Balaban J connectivity index is 1.46. The number of benzene rings is 2. The zero-order valence-corrected chi connectivity index (χ0v) is 16.9. The average molecular weight is 413 g/mol. The molecular formula is C25H20FN3O2. The first-order valence-corrected chi connectivity index (χ1v) is 10.2. The molecule has 1 aliphatic rings. The van der Waals surface area contributed by atoms with E-state index in [0.717, 1.165) is 23.7 Å². The standard InChI is InChI=1S/C25H20FN3O2/c1-14-19(10-16(11-21(14)26)25(31)29-17-7-8-17)23-9-6-15(12-27-23)24(30)20-13-28-22-5-3-2-4-18(20)22/h2-6,9-13,17,28H,7-8H2,1H3,(H,29,31). The van der Waals surface area contributed by atoms with E-state index in [1.807, 2.05) is 24.3 Å². The first-order valence-electron chi connectivity index (χ1n) is 10.2. The van der Waals surface area contributed by atoms with Crippen molar-refractivity contribution in [2.75, 3.05) is 0 Å². The molecule has 5 rings (SSSR count). The van der Waals surface area contributed by atoms with Gasteiger partial charge in [-0.25, -0.2) is 4.39 Å². The Morgan fingerprint density at radius 3 is 2.65 bits per heavy atom. The number of aromatic nitrogens is 2. The summed E-state index contributed by atoms with van der Waals surface area (Å²) in [4.78, 5) is 32.9. The van der Waals surface area contributed by atoms with Crippen LogP contribution in [0.4, 0.5) is 4.39 Å². The van der Waals surface area contributed by atoms with E-state index in [4.69, 9.17) is 0 Å². The van der Waals surface area contributed by atoms with Crippen LogP contribution >= 0.6 is 0 Å². The molecule has 6 heteroatoms. The quantitative estimate of drug-likeness (QED) is 0.462. The lowest BCUT2D eigenvalue weighted by molar-refractivity contribution is 0.0950. The highest BCUT2D eigenvalue weighted by atomic mass is 19.1. The number of hydrogen-bond donors (Lipinski definition) is 2. The van der Waals surface area contributed by atoms with Crippen LogP contribution in [0, 0.1) is 12.7 Å². The molecule has 154 valence electrons. The maximum atomic E-state index is 14.5. The van der Waals surface area contributed by atoms with Crippen molar-refractivity contribution < 1.29 is 14.0 Å². The second-order valence-corrected chi connectivity index (χ2v) is 7.89. The number of H-pyrrole nitrogens is 1. The summed E-state index contributed by atoms with van der Waals surface area (Å²) in [6, 6.07) is 14.1. The summed E-state index contributed by atoms with van der Waals surface area (Å²) < 4.78 is 14.5. The van der Waals surface area contributed by atoms with Gasteiger partial charge in [-0.1, -0.05) is 18.2 Å². The van der Waals surface area contributed by atoms with E-state index in [9.17, 15) is 14.0 Å². The summed E-state index contributed by atoms with van der Waals surface area (Å²) in [5, 5.41) is 3.73. The Bertz CT molecular complexity index is 1320. The number of nitrogens with zero attached hydrogens (tertiary/aromatic N) is 1. The molecule has 1 amide bonds. The molecule has 0 atom stereocenters. The monoisotopic (exact) mass is 413 g/mol. The van der Waals surface area contributed by atoms with E-state index in [1.165, 1.54) is 12.3 Å². The molecule has 2 N–H and O–H groups in total. The number of halogens is 1. The van der Waals surface area contributed by atoms with Crippen LogP contribution in [0.3, 0.4) is 0 Å². The highest BCUT2D eigenvalue weighted by molar-refractivity contribution is 6.16. The van der Waals surface area contributed by atoms with Gasteiger partial charge in [0, 0.05) is 51.6 Å². The van der Waals surface area contributed by atoms with Gasteiger partial charge in [0.2, 0.25) is 0 Å². The second kappa shape index (κ2) is 7.47. The summed E-state index contributed by atoms with van der Waals surface area (Å²) >= 11 is 0. The van der Waals surface area contributed by atoms with Crippen molar-refractivity contribution in [2.45, 2.75) is 25.8 Å². The lowest BCUT2D eigenvalue weighted by Gasteiger charge is -2.11. The van der Waals surface area contributed by atoms with Crippen LogP contribution in [0.15, 0.2) is 60.9 Å². The third-order valence-corrected chi connectivity index (χ3v) is 5.65. The normalized spacial score (nSPS) is 13.4. The van der Waals surface area contributed by atoms with E-state index < -0.39 is 5.82 Å². The van der Waals surface area contributed by atoms with E-state index >= 15 is 0 Å². The number of pyridine rings is 1. The number of carbonyl (C=O) groups excluding carboxylic acids is 2. The number of nitrogens with one attached hydrogen (secondary N) is 2. The number of fused-ring (bicyclic) bond motifs is 1. The molecule has 1 fully saturated rings. The SMILES string of the molecule is Cc1c(F)cc(C(=O)NC2CC2)cc1-c1ccc(C(=O)c2c[nH]c3ccccc23)cn1. The van der Waals surface area contributed by atoms with Crippen molar-refractivity contribution in [3.05, 3.63) is 89.0 Å². The third-order valence-electron chi connectivity index (χ3n) is 5.65. The van der Waals surface area contributed by atoms with Crippen molar-refractivity contribution in [1.82, 2.24) is 15.3 Å². The smallest absolute Gasteiger partial charge is 0.251 e. The molecule has 4 aromatic rings. The molecule has 0 bridgehead atoms. The molecule has 2 aromatic carbocycles. The molecule has 2 heterocycles. The van der Waals surface area contributed by atoms with Crippen LogP contribution in [-0.2, 0) is 0 Å². The van der Waals surface area contributed by atoms with Crippen LogP contribution in [-0.4, -0.2) is 27.7 Å². The van der Waals surface area contributed by atoms with Gasteiger partial charge in [-0.05, 0) is 55.7 Å². The topological polar surface area (TPSA) is 74.8 Å². The highest BCUT2D eigenvalue weighted by Crippen LogP contribution is 2.27. The summed E-state index contributed by atoms with van der Waals surface area (Å²) in [6.07, 6.45) is 5.11. The molecule has 0 saturated heterocycles. The van der Waals surface area contributed by atoms with Crippen molar-refractivity contribution in [3.8, 4) is 11.3 Å². The van der Waals surface area contributed by atoms with Gasteiger partial charge in [-0.3, -0.25) is 14.6 Å². The van der Waals surface area contributed by atoms with Crippen LogP contribution < -0.4 is 5.32 Å². The van der Waals surface area contributed by atoms with E-state index in [2.05, 4.69) is 15.3 Å². The number of amides is 1.